The molecule has 0 aliphatic heterocycles. The van der Waals surface area contributed by atoms with Crippen LogP contribution in [0, 0.1) is 13.8 Å². The lowest BCUT2D eigenvalue weighted by atomic mass is 10.1. The summed E-state index contributed by atoms with van der Waals surface area (Å²) in [5.74, 6) is -0.141. The maximum atomic E-state index is 12.6. The number of amides is 1. The summed E-state index contributed by atoms with van der Waals surface area (Å²) in [6.07, 6.45) is 3.30. The van der Waals surface area contributed by atoms with E-state index in [1.807, 2.05) is 49.4 Å². The Bertz CT molecular complexity index is 906. The zero-order valence-electron chi connectivity index (χ0n) is 15.3. The van der Waals surface area contributed by atoms with E-state index in [9.17, 15) is 4.79 Å². The van der Waals surface area contributed by atoms with Crippen LogP contribution in [0.3, 0.4) is 0 Å². The molecule has 1 atom stereocenters. The molecule has 1 heterocycles. The average molecular weight is 345 g/mol. The fourth-order valence-electron chi connectivity index (χ4n) is 2.85. The van der Waals surface area contributed by atoms with E-state index in [-0.39, 0.29) is 11.9 Å². The van der Waals surface area contributed by atoms with Crippen molar-refractivity contribution < 1.29 is 4.79 Å². The molecule has 26 heavy (non-hydrogen) atoms. The summed E-state index contributed by atoms with van der Waals surface area (Å²) in [4.78, 5) is 16.8. The number of hydrogen-bond donors (Lipinski definition) is 2. The van der Waals surface area contributed by atoms with Crippen LogP contribution in [0.1, 0.15) is 40.0 Å². The van der Waals surface area contributed by atoms with E-state index < -0.39 is 0 Å². The molecule has 0 bridgehead atoms. The smallest absolute Gasteiger partial charge is 0.253 e. The fourth-order valence-corrected chi connectivity index (χ4v) is 2.85. The van der Waals surface area contributed by atoms with Crippen molar-refractivity contribution >= 4 is 17.3 Å². The summed E-state index contributed by atoms with van der Waals surface area (Å²) in [5, 5.41) is 6.35. The maximum absolute atomic E-state index is 12.6. The van der Waals surface area contributed by atoms with Crippen LogP contribution in [0.25, 0.3) is 0 Å². The lowest BCUT2D eigenvalue weighted by Gasteiger charge is -2.15. The molecule has 1 aromatic heterocycles. The molecular weight excluding hydrogens is 322 g/mol. The van der Waals surface area contributed by atoms with Gasteiger partial charge in [-0.1, -0.05) is 48.0 Å². The quantitative estimate of drug-likeness (QED) is 0.689. The number of aryl methyl sites for hydroxylation is 2. The van der Waals surface area contributed by atoms with Crippen molar-refractivity contribution in [1.29, 1.82) is 0 Å². The number of hydrogen-bond acceptors (Lipinski definition) is 3. The Morgan fingerprint density at radius 2 is 1.77 bits per heavy atom. The van der Waals surface area contributed by atoms with Gasteiger partial charge >= 0.3 is 0 Å². The van der Waals surface area contributed by atoms with Crippen LogP contribution in [-0.4, -0.2) is 10.9 Å². The van der Waals surface area contributed by atoms with E-state index in [0.717, 1.165) is 22.5 Å². The second-order valence-corrected chi connectivity index (χ2v) is 6.51. The number of rotatable bonds is 5. The van der Waals surface area contributed by atoms with E-state index in [1.165, 1.54) is 5.56 Å². The molecule has 4 heteroatoms. The summed E-state index contributed by atoms with van der Waals surface area (Å²) < 4.78 is 0. The van der Waals surface area contributed by atoms with Gasteiger partial charge in [0.15, 0.2) is 0 Å². The van der Waals surface area contributed by atoms with Gasteiger partial charge in [-0.25, -0.2) is 0 Å². The summed E-state index contributed by atoms with van der Waals surface area (Å²) in [6, 6.07) is 17.9. The van der Waals surface area contributed by atoms with Crippen molar-refractivity contribution in [3.8, 4) is 0 Å². The van der Waals surface area contributed by atoms with E-state index in [0.29, 0.717) is 5.56 Å². The van der Waals surface area contributed by atoms with Crippen LogP contribution < -0.4 is 10.6 Å². The van der Waals surface area contributed by atoms with Gasteiger partial charge in [0.2, 0.25) is 0 Å². The van der Waals surface area contributed by atoms with Crippen molar-refractivity contribution in [2.75, 3.05) is 5.32 Å². The number of carbonyl (C=O) groups is 1. The first-order valence-electron chi connectivity index (χ1n) is 8.68. The first-order valence-corrected chi connectivity index (χ1v) is 8.68. The molecule has 0 radical (unpaired) electrons. The first-order chi connectivity index (χ1) is 12.5. The average Bonchev–Trinajstić information content (AvgIpc) is 2.65. The zero-order chi connectivity index (χ0) is 18.5. The monoisotopic (exact) mass is 345 g/mol. The summed E-state index contributed by atoms with van der Waals surface area (Å²) in [6.45, 7) is 6.09. The number of nitrogens with zero attached hydrogens (tertiary/aromatic N) is 1. The van der Waals surface area contributed by atoms with Crippen molar-refractivity contribution in [2.24, 2.45) is 0 Å². The number of pyridine rings is 1. The Labute approximate surface area is 154 Å². The van der Waals surface area contributed by atoms with E-state index in [1.54, 1.807) is 12.4 Å². The standard InChI is InChI=1S/C22H23N3O/c1-15-9-10-21(16(2)11-15)25-20-12-19(13-23-14-20)22(26)24-17(3)18-7-5-4-6-8-18/h4-14,17,25H,1-3H3,(H,24,26). The van der Waals surface area contributed by atoms with Gasteiger partial charge in [-0.05, 0) is 44.0 Å². The van der Waals surface area contributed by atoms with Gasteiger partial charge in [-0.2, -0.15) is 0 Å². The summed E-state index contributed by atoms with van der Waals surface area (Å²) in [7, 11) is 0. The highest BCUT2D eigenvalue weighted by atomic mass is 16.1. The van der Waals surface area contributed by atoms with Crippen LogP contribution in [0.5, 0.6) is 0 Å². The van der Waals surface area contributed by atoms with Gasteiger partial charge in [0.25, 0.3) is 5.91 Å². The van der Waals surface area contributed by atoms with E-state index >= 15 is 0 Å². The largest absolute Gasteiger partial charge is 0.354 e. The predicted molar refractivity (Wildman–Crippen MR) is 106 cm³/mol. The topological polar surface area (TPSA) is 54.0 Å². The second-order valence-electron chi connectivity index (χ2n) is 6.51. The van der Waals surface area contributed by atoms with Crippen LogP contribution in [0.2, 0.25) is 0 Å². The van der Waals surface area contributed by atoms with Crippen LogP contribution in [0.15, 0.2) is 67.0 Å². The van der Waals surface area contributed by atoms with Crippen molar-refractivity contribution in [2.45, 2.75) is 26.8 Å². The number of aromatic nitrogens is 1. The molecule has 132 valence electrons. The Balaban J connectivity index is 1.73. The maximum Gasteiger partial charge on any atom is 0.253 e. The van der Waals surface area contributed by atoms with Gasteiger partial charge in [-0.3, -0.25) is 9.78 Å². The van der Waals surface area contributed by atoms with Crippen molar-refractivity contribution in [1.82, 2.24) is 10.3 Å². The van der Waals surface area contributed by atoms with Gasteiger partial charge in [0.05, 0.1) is 23.5 Å². The molecule has 1 unspecified atom stereocenters. The van der Waals surface area contributed by atoms with Crippen molar-refractivity contribution in [3.63, 3.8) is 0 Å². The third-order valence-electron chi connectivity index (χ3n) is 4.31. The van der Waals surface area contributed by atoms with Gasteiger partial charge in [0.1, 0.15) is 0 Å². The molecule has 2 N–H and O–H groups in total. The van der Waals surface area contributed by atoms with Gasteiger partial charge in [0, 0.05) is 11.9 Å². The van der Waals surface area contributed by atoms with E-state index in [2.05, 4.69) is 41.6 Å². The lowest BCUT2D eigenvalue weighted by Crippen LogP contribution is -2.26. The number of anilines is 2. The molecule has 0 saturated carbocycles. The van der Waals surface area contributed by atoms with Gasteiger partial charge < -0.3 is 10.6 Å². The number of nitrogens with one attached hydrogen (secondary N) is 2. The zero-order valence-corrected chi connectivity index (χ0v) is 15.3. The molecule has 2 aromatic carbocycles. The minimum absolute atomic E-state index is 0.0698. The highest BCUT2D eigenvalue weighted by Gasteiger charge is 2.12. The molecule has 0 spiro atoms. The lowest BCUT2D eigenvalue weighted by molar-refractivity contribution is 0.0939. The molecule has 0 aliphatic carbocycles. The Hall–Kier alpha value is -3.14. The summed E-state index contributed by atoms with van der Waals surface area (Å²) in [5.41, 5.74) is 5.76. The highest BCUT2D eigenvalue weighted by molar-refractivity contribution is 5.95. The third kappa shape index (κ3) is 4.28. The minimum Gasteiger partial charge on any atom is -0.354 e. The number of carbonyl (C=O) groups excluding carboxylic acids is 1. The number of benzene rings is 2. The Morgan fingerprint density at radius 1 is 1.00 bits per heavy atom. The molecule has 1 amide bonds. The molecule has 3 rings (SSSR count). The molecule has 4 nitrogen and oxygen atoms in total. The van der Waals surface area contributed by atoms with Gasteiger partial charge in [-0.15, -0.1) is 0 Å². The predicted octanol–water partition coefficient (Wildman–Crippen LogP) is 4.93. The first kappa shape index (κ1) is 17.7. The fraction of sp³-hybridized carbons (Fsp3) is 0.182. The highest BCUT2D eigenvalue weighted by Crippen LogP contribution is 2.22. The van der Waals surface area contributed by atoms with E-state index in [4.69, 9.17) is 0 Å². The Kier molecular flexibility index (Phi) is 5.32. The van der Waals surface area contributed by atoms with Crippen LogP contribution in [-0.2, 0) is 0 Å². The van der Waals surface area contributed by atoms with Crippen LogP contribution in [0.4, 0.5) is 11.4 Å². The second kappa shape index (κ2) is 7.83. The molecule has 0 saturated heterocycles. The normalized spacial score (nSPS) is 11.7. The molecule has 0 aliphatic rings. The molecule has 0 fully saturated rings. The third-order valence-corrected chi connectivity index (χ3v) is 4.31. The SMILES string of the molecule is Cc1ccc(Nc2cncc(C(=O)NC(C)c3ccccc3)c2)c(C)c1. The molecule has 3 aromatic rings. The van der Waals surface area contributed by atoms with Crippen LogP contribution >= 0.6 is 0 Å². The Morgan fingerprint density at radius 3 is 2.50 bits per heavy atom. The molecular formula is C22H23N3O. The van der Waals surface area contributed by atoms with Crippen molar-refractivity contribution in [3.05, 3.63) is 89.2 Å². The summed E-state index contributed by atoms with van der Waals surface area (Å²) >= 11 is 0. The minimum atomic E-state index is -0.141.